The van der Waals surface area contributed by atoms with E-state index in [0.29, 0.717) is 12.0 Å². The molecule has 2 aromatic carbocycles. The summed E-state index contributed by atoms with van der Waals surface area (Å²) in [5.41, 5.74) is 2.30. The third-order valence-corrected chi connectivity index (χ3v) is 6.35. The van der Waals surface area contributed by atoms with Crippen molar-refractivity contribution in [1.29, 1.82) is 0 Å². The Morgan fingerprint density at radius 3 is 2.21 bits per heavy atom. The quantitative estimate of drug-likeness (QED) is 0.725. The van der Waals surface area contributed by atoms with Crippen LogP contribution in [0.5, 0.6) is 0 Å². The zero-order valence-electron chi connectivity index (χ0n) is 18.2. The van der Waals surface area contributed by atoms with E-state index in [9.17, 15) is 4.79 Å². The van der Waals surface area contributed by atoms with E-state index in [1.54, 1.807) is 0 Å². The third-order valence-electron chi connectivity index (χ3n) is 6.35. The molecule has 4 heteroatoms. The van der Waals surface area contributed by atoms with Gasteiger partial charge >= 0.3 is 0 Å². The Hall–Kier alpha value is -2.33. The summed E-state index contributed by atoms with van der Waals surface area (Å²) in [6.07, 6.45) is 4.78. The average Bonchev–Trinajstić information content (AvgIpc) is 2.74. The van der Waals surface area contributed by atoms with Crippen molar-refractivity contribution >= 4 is 11.6 Å². The van der Waals surface area contributed by atoms with E-state index in [1.807, 2.05) is 49.4 Å². The Balaban J connectivity index is 1.69. The highest BCUT2D eigenvalue weighted by Crippen LogP contribution is 2.29. The summed E-state index contributed by atoms with van der Waals surface area (Å²) in [5, 5.41) is 6.74. The molecule has 1 fully saturated rings. The molecule has 0 heterocycles. The lowest BCUT2D eigenvalue weighted by atomic mass is 9.85. The highest BCUT2D eigenvalue weighted by molar-refractivity contribution is 5.90. The smallest absolute Gasteiger partial charge is 0.250 e. The fraction of sp³-hybridized carbons (Fsp3) is 0.480. The fourth-order valence-electron chi connectivity index (χ4n) is 4.24. The molecule has 1 unspecified atom stereocenters. The van der Waals surface area contributed by atoms with Crippen LogP contribution in [0.2, 0.25) is 0 Å². The second kappa shape index (κ2) is 9.45. The first-order valence-electron chi connectivity index (χ1n) is 10.7. The molecule has 1 aliphatic rings. The number of carbonyl (C=O) groups excluding carboxylic acids is 1. The van der Waals surface area contributed by atoms with Crippen LogP contribution in [-0.4, -0.2) is 37.5 Å². The first kappa shape index (κ1) is 21.4. The van der Waals surface area contributed by atoms with Crippen LogP contribution in [0.4, 0.5) is 5.69 Å². The van der Waals surface area contributed by atoms with Gasteiger partial charge in [0, 0.05) is 18.3 Å². The van der Waals surface area contributed by atoms with E-state index in [1.165, 1.54) is 31.2 Å². The van der Waals surface area contributed by atoms with Crippen molar-refractivity contribution in [2.24, 2.45) is 5.92 Å². The first-order chi connectivity index (χ1) is 13.9. The zero-order chi connectivity index (χ0) is 20.9. The van der Waals surface area contributed by atoms with Gasteiger partial charge in [-0.1, -0.05) is 48.0 Å². The van der Waals surface area contributed by atoms with Gasteiger partial charge in [0.2, 0.25) is 5.91 Å². The summed E-state index contributed by atoms with van der Waals surface area (Å²) in [7, 11) is 4.32. The number of aryl methyl sites for hydroxylation is 1. The topological polar surface area (TPSA) is 44.4 Å². The van der Waals surface area contributed by atoms with Gasteiger partial charge in [0.15, 0.2) is 0 Å². The lowest BCUT2D eigenvalue weighted by Crippen LogP contribution is -2.49. The number of hydrogen-bond donors (Lipinski definition) is 2. The number of benzene rings is 2. The van der Waals surface area contributed by atoms with Crippen molar-refractivity contribution in [1.82, 2.24) is 10.2 Å². The van der Waals surface area contributed by atoms with Crippen LogP contribution in [0, 0.1) is 12.8 Å². The van der Waals surface area contributed by atoms with Crippen molar-refractivity contribution in [3.8, 4) is 0 Å². The number of hydrogen-bond acceptors (Lipinski definition) is 3. The largest absolute Gasteiger partial charge is 0.368 e. The van der Waals surface area contributed by atoms with Gasteiger partial charge in [0.1, 0.15) is 5.54 Å². The van der Waals surface area contributed by atoms with Crippen LogP contribution in [-0.2, 0) is 10.3 Å². The Morgan fingerprint density at radius 2 is 1.62 bits per heavy atom. The van der Waals surface area contributed by atoms with Gasteiger partial charge in [0.25, 0.3) is 0 Å². The number of nitrogens with zero attached hydrogens (tertiary/aromatic N) is 1. The Bertz CT molecular complexity index is 779. The van der Waals surface area contributed by atoms with Crippen molar-refractivity contribution in [3.05, 3.63) is 65.7 Å². The molecular formula is C25H35N3O. The number of nitrogens with one attached hydrogen (secondary N) is 2. The van der Waals surface area contributed by atoms with E-state index >= 15 is 0 Å². The molecule has 29 heavy (non-hydrogen) atoms. The summed E-state index contributed by atoms with van der Waals surface area (Å²) >= 11 is 0. The number of rotatable bonds is 7. The maximum absolute atomic E-state index is 13.4. The predicted molar refractivity (Wildman–Crippen MR) is 121 cm³/mol. The molecule has 1 aliphatic carbocycles. The van der Waals surface area contributed by atoms with Crippen LogP contribution in [0.1, 0.15) is 43.7 Å². The van der Waals surface area contributed by atoms with E-state index in [0.717, 1.165) is 17.8 Å². The molecule has 2 N–H and O–H groups in total. The first-order valence-corrected chi connectivity index (χ1v) is 10.7. The van der Waals surface area contributed by atoms with E-state index < -0.39 is 5.54 Å². The Kier molecular flexibility index (Phi) is 6.96. The molecule has 0 aliphatic heterocycles. The second-order valence-corrected chi connectivity index (χ2v) is 8.83. The number of amides is 1. The molecule has 1 amide bonds. The maximum atomic E-state index is 13.4. The molecule has 0 spiro atoms. The van der Waals surface area contributed by atoms with Gasteiger partial charge in [-0.2, -0.15) is 0 Å². The Labute approximate surface area is 175 Å². The summed E-state index contributed by atoms with van der Waals surface area (Å²) in [6.45, 7) is 4.79. The minimum absolute atomic E-state index is 0.0269. The van der Waals surface area contributed by atoms with Crippen molar-refractivity contribution < 1.29 is 4.79 Å². The van der Waals surface area contributed by atoms with Gasteiger partial charge in [-0.25, -0.2) is 0 Å². The van der Waals surface area contributed by atoms with Crippen LogP contribution >= 0.6 is 0 Å². The average molecular weight is 394 g/mol. The van der Waals surface area contributed by atoms with E-state index in [4.69, 9.17) is 0 Å². The van der Waals surface area contributed by atoms with Gasteiger partial charge in [-0.15, -0.1) is 0 Å². The van der Waals surface area contributed by atoms with Crippen LogP contribution in [0.3, 0.4) is 0 Å². The highest BCUT2D eigenvalue weighted by atomic mass is 16.2. The molecule has 0 bridgehead atoms. The minimum Gasteiger partial charge on any atom is -0.368 e. The molecule has 0 radical (unpaired) electrons. The van der Waals surface area contributed by atoms with Crippen LogP contribution in [0.25, 0.3) is 0 Å². The van der Waals surface area contributed by atoms with Crippen LogP contribution < -0.4 is 10.6 Å². The third kappa shape index (κ3) is 5.39. The summed E-state index contributed by atoms with van der Waals surface area (Å²) in [6, 6.07) is 18.9. The van der Waals surface area contributed by atoms with Crippen molar-refractivity contribution in [2.45, 2.75) is 51.1 Å². The summed E-state index contributed by atoms with van der Waals surface area (Å²) < 4.78 is 0. The second-order valence-electron chi connectivity index (χ2n) is 8.83. The predicted octanol–water partition coefficient (Wildman–Crippen LogP) is 4.56. The number of anilines is 1. The lowest BCUT2D eigenvalue weighted by Gasteiger charge is -2.34. The monoisotopic (exact) mass is 393 g/mol. The fourth-order valence-corrected chi connectivity index (χ4v) is 4.24. The highest BCUT2D eigenvalue weighted by Gasteiger charge is 2.35. The van der Waals surface area contributed by atoms with Gasteiger partial charge in [0.05, 0.1) is 0 Å². The molecule has 2 aromatic rings. The van der Waals surface area contributed by atoms with E-state index in [2.05, 4.69) is 48.7 Å². The molecule has 1 atom stereocenters. The van der Waals surface area contributed by atoms with E-state index in [-0.39, 0.29) is 5.91 Å². The Morgan fingerprint density at radius 1 is 1.00 bits per heavy atom. The zero-order valence-corrected chi connectivity index (χ0v) is 18.2. The summed E-state index contributed by atoms with van der Waals surface area (Å²) in [4.78, 5) is 15.7. The molecule has 0 saturated heterocycles. The minimum atomic E-state index is -0.822. The number of carbonyl (C=O) groups is 1. The van der Waals surface area contributed by atoms with Gasteiger partial charge in [-0.3, -0.25) is 4.79 Å². The summed E-state index contributed by atoms with van der Waals surface area (Å²) in [5.74, 6) is 0.591. The van der Waals surface area contributed by atoms with Gasteiger partial charge in [-0.05, 0) is 77.2 Å². The van der Waals surface area contributed by atoms with Crippen molar-refractivity contribution in [2.75, 3.05) is 26.0 Å². The van der Waals surface area contributed by atoms with Gasteiger partial charge < -0.3 is 15.5 Å². The molecular weight excluding hydrogens is 358 g/mol. The molecule has 3 rings (SSSR count). The molecule has 0 aromatic heterocycles. The molecule has 1 saturated carbocycles. The molecule has 4 nitrogen and oxygen atoms in total. The standard InChI is InChI=1S/C25H35N3O/c1-19-10-14-22(15-11-19)27-25(2,21-8-6-5-7-9-21)24(29)26-18-20-12-16-23(17-13-20)28(3)4/h5-11,14-15,20,23,27H,12-13,16-18H2,1-4H3,(H,26,29). The van der Waals surface area contributed by atoms with Crippen molar-refractivity contribution in [3.63, 3.8) is 0 Å². The SMILES string of the molecule is Cc1ccc(NC(C)(C(=O)NCC2CCC(N(C)C)CC2)c2ccccc2)cc1. The molecule has 156 valence electrons. The lowest BCUT2D eigenvalue weighted by molar-refractivity contribution is -0.125. The maximum Gasteiger partial charge on any atom is 0.250 e. The normalized spacial score (nSPS) is 21.4. The van der Waals surface area contributed by atoms with Crippen LogP contribution in [0.15, 0.2) is 54.6 Å².